The van der Waals surface area contributed by atoms with Gasteiger partial charge in [0.25, 0.3) is 0 Å². The highest BCUT2D eigenvalue weighted by Gasteiger charge is 2.30. The van der Waals surface area contributed by atoms with E-state index in [1.54, 1.807) is 0 Å². The van der Waals surface area contributed by atoms with Crippen molar-refractivity contribution >= 4 is 0 Å². The Morgan fingerprint density at radius 2 is 1.67 bits per heavy atom. The summed E-state index contributed by atoms with van der Waals surface area (Å²) >= 11 is 0. The van der Waals surface area contributed by atoms with Crippen LogP contribution in [0.4, 0.5) is 0 Å². The molecule has 0 aromatic rings. The Labute approximate surface area is 92.9 Å². The second-order valence-electron chi connectivity index (χ2n) is 4.75. The number of rotatable bonds is 8. The summed E-state index contributed by atoms with van der Waals surface area (Å²) in [5.74, 6) is 0. The van der Waals surface area contributed by atoms with Crippen molar-refractivity contribution in [2.45, 2.75) is 57.0 Å². The van der Waals surface area contributed by atoms with E-state index in [1.165, 1.54) is 19.3 Å². The molecule has 0 radical (unpaired) electrons. The zero-order valence-electron chi connectivity index (χ0n) is 9.67. The zero-order chi connectivity index (χ0) is 11.0. The number of hydrogen-bond acceptors (Lipinski definition) is 3. The molecule has 1 fully saturated rings. The van der Waals surface area contributed by atoms with Gasteiger partial charge in [-0.1, -0.05) is 25.7 Å². The van der Waals surface area contributed by atoms with Crippen LogP contribution in [0.2, 0.25) is 0 Å². The summed E-state index contributed by atoms with van der Waals surface area (Å²) in [5.41, 5.74) is -0.412. The number of nitrogens with one attached hydrogen (secondary N) is 1. The molecule has 0 spiro atoms. The molecule has 3 nitrogen and oxygen atoms in total. The first-order valence-corrected chi connectivity index (χ1v) is 6.31. The average molecular weight is 215 g/mol. The Kier molecular flexibility index (Phi) is 6.22. The predicted molar refractivity (Wildman–Crippen MR) is 61.8 cm³/mol. The van der Waals surface area contributed by atoms with E-state index in [1.807, 2.05) is 0 Å². The minimum absolute atomic E-state index is 0.313. The lowest BCUT2D eigenvalue weighted by molar-refractivity contribution is 0.0479. The first-order chi connectivity index (χ1) is 7.27. The fourth-order valence-corrected chi connectivity index (χ4v) is 2.25. The molecule has 3 N–H and O–H groups in total. The van der Waals surface area contributed by atoms with Gasteiger partial charge in [0.1, 0.15) is 0 Å². The summed E-state index contributed by atoms with van der Waals surface area (Å²) in [4.78, 5) is 0. The van der Waals surface area contributed by atoms with Gasteiger partial charge in [-0.15, -0.1) is 0 Å². The Morgan fingerprint density at radius 1 is 1.00 bits per heavy atom. The highest BCUT2D eigenvalue weighted by molar-refractivity contribution is 4.85. The summed E-state index contributed by atoms with van der Waals surface area (Å²) in [6.45, 7) is 2.06. The largest absolute Gasteiger partial charge is 0.396 e. The first-order valence-electron chi connectivity index (χ1n) is 6.31. The molecule has 0 bridgehead atoms. The molecule has 0 amide bonds. The second kappa shape index (κ2) is 7.20. The van der Waals surface area contributed by atoms with Crippen molar-refractivity contribution in [2.24, 2.45) is 0 Å². The average Bonchev–Trinajstić information content (AvgIpc) is 2.64. The van der Waals surface area contributed by atoms with Crippen LogP contribution in [0.25, 0.3) is 0 Å². The molecule has 0 unspecified atom stereocenters. The molecule has 0 atom stereocenters. The maximum absolute atomic E-state index is 10.0. The molecule has 0 aromatic carbocycles. The Bertz CT molecular complexity index is 156. The van der Waals surface area contributed by atoms with Gasteiger partial charge in [0.05, 0.1) is 5.60 Å². The topological polar surface area (TPSA) is 52.5 Å². The van der Waals surface area contributed by atoms with E-state index in [9.17, 15) is 5.11 Å². The number of unbranched alkanes of at least 4 members (excludes halogenated alkanes) is 3. The maximum atomic E-state index is 10.0. The van der Waals surface area contributed by atoms with Gasteiger partial charge < -0.3 is 15.5 Å². The van der Waals surface area contributed by atoms with Crippen LogP contribution < -0.4 is 5.32 Å². The third-order valence-electron chi connectivity index (χ3n) is 3.25. The van der Waals surface area contributed by atoms with Gasteiger partial charge in [0.2, 0.25) is 0 Å². The minimum atomic E-state index is -0.412. The van der Waals surface area contributed by atoms with Crippen LogP contribution >= 0.6 is 0 Å². The van der Waals surface area contributed by atoms with Crippen LogP contribution in [0.1, 0.15) is 51.4 Å². The lowest BCUT2D eigenvalue weighted by Crippen LogP contribution is -2.38. The molecule has 1 rings (SSSR count). The number of hydrogen-bond donors (Lipinski definition) is 3. The molecule has 90 valence electrons. The fraction of sp³-hybridized carbons (Fsp3) is 1.00. The molecule has 0 aliphatic heterocycles. The number of aliphatic hydroxyl groups excluding tert-OH is 1. The van der Waals surface area contributed by atoms with Crippen molar-refractivity contribution in [1.82, 2.24) is 5.32 Å². The van der Waals surface area contributed by atoms with Gasteiger partial charge in [-0.2, -0.15) is 0 Å². The predicted octanol–water partition coefficient (Wildman–Crippen LogP) is 1.43. The van der Waals surface area contributed by atoms with Crippen LogP contribution in [0.5, 0.6) is 0 Å². The highest BCUT2D eigenvalue weighted by atomic mass is 16.3. The van der Waals surface area contributed by atoms with E-state index in [-0.39, 0.29) is 0 Å². The monoisotopic (exact) mass is 215 g/mol. The van der Waals surface area contributed by atoms with Crippen LogP contribution in [-0.4, -0.2) is 35.5 Å². The van der Waals surface area contributed by atoms with Gasteiger partial charge in [0.15, 0.2) is 0 Å². The molecule has 0 aromatic heterocycles. The summed E-state index contributed by atoms with van der Waals surface area (Å²) < 4.78 is 0. The van der Waals surface area contributed by atoms with Crippen molar-refractivity contribution < 1.29 is 10.2 Å². The summed E-state index contributed by atoms with van der Waals surface area (Å²) in [6.07, 6.45) is 8.63. The van der Waals surface area contributed by atoms with E-state index in [4.69, 9.17) is 5.11 Å². The van der Waals surface area contributed by atoms with Crippen molar-refractivity contribution in [1.29, 1.82) is 0 Å². The lowest BCUT2D eigenvalue weighted by Gasteiger charge is -2.22. The molecule has 3 heteroatoms. The lowest BCUT2D eigenvalue weighted by atomic mass is 10.0. The highest BCUT2D eigenvalue weighted by Crippen LogP contribution is 2.28. The van der Waals surface area contributed by atoms with Gasteiger partial charge in [-0.3, -0.25) is 0 Å². The van der Waals surface area contributed by atoms with Gasteiger partial charge in [-0.05, 0) is 32.2 Å². The molecular formula is C12H25NO2. The Morgan fingerprint density at radius 3 is 2.33 bits per heavy atom. The SMILES string of the molecule is OCCCCCCNCC1(O)CCCC1. The summed E-state index contributed by atoms with van der Waals surface area (Å²) in [6, 6.07) is 0. The molecule has 0 heterocycles. The Balaban J connectivity index is 1.88. The third kappa shape index (κ3) is 5.50. The molecule has 1 saturated carbocycles. The number of aliphatic hydroxyl groups is 2. The van der Waals surface area contributed by atoms with Crippen molar-refractivity contribution in [3.05, 3.63) is 0 Å². The van der Waals surface area contributed by atoms with Gasteiger partial charge in [-0.25, -0.2) is 0 Å². The first kappa shape index (κ1) is 12.9. The summed E-state index contributed by atoms with van der Waals surface area (Å²) in [7, 11) is 0. The standard InChI is InChI=1S/C12H25NO2/c14-10-6-2-1-5-9-13-11-12(15)7-3-4-8-12/h13-15H,1-11H2. The minimum Gasteiger partial charge on any atom is -0.396 e. The van der Waals surface area contributed by atoms with Crippen LogP contribution in [0.15, 0.2) is 0 Å². The van der Waals surface area contributed by atoms with E-state index < -0.39 is 5.60 Å². The van der Waals surface area contributed by atoms with Crippen molar-refractivity contribution in [3.8, 4) is 0 Å². The van der Waals surface area contributed by atoms with Crippen LogP contribution in [0.3, 0.4) is 0 Å². The Hall–Kier alpha value is -0.120. The normalized spacial score (nSPS) is 19.6. The molecular weight excluding hydrogens is 190 g/mol. The van der Waals surface area contributed by atoms with E-state index in [2.05, 4.69) is 5.32 Å². The van der Waals surface area contributed by atoms with Crippen molar-refractivity contribution in [3.63, 3.8) is 0 Å². The summed E-state index contributed by atoms with van der Waals surface area (Å²) in [5, 5.41) is 22.0. The molecule has 0 saturated heterocycles. The molecule has 1 aliphatic rings. The van der Waals surface area contributed by atoms with Gasteiger partial charge >= 0.3 is 0 Å². The van der Waals surface area contributed by atoms with E-state index in [0.717, 1.165) is 45.2 Å². The van der Waals surface area contributed by atoms with Crippen LogP contribution in [0, 0.1) is 0 Å². The quantitative estimate of drug-likeness (QED) is 0.537. The maximum Gasteiger partial charge on any atom is 0.0771 e. The van der Waals surface area contributed by atoms with Crippen molar-refractivity contribution in [2.75, 3.05) is 19.7 Å². The van der Waals surface area contributed by atoms with E-state index in [0.29, 0.717) is 6.61 Å². The second-order valence-corrected chi connectivity index (χ2v) is 4.75. The van der Waals surface area contributed by atoms with E-state index >= 15 is 0 Å². The third-order valence-corrected chi connectivity index (χ3v) is 3.25. The van der Waals surface area contributed by atoms with Crippen LogP contribution in [-0.2, 0) is 0 Å². The molecule has 1 aliphatic carbocycles. The van der Waals surface area contributed by atoms with Gasteiger partial charge in [0, 0.05) is 13.2 Å². The zero-order valence-corrected chi connectivity index (χ0v) is 9.67. The molecule has 15 heavy (non-hydrogen) atoms. The smallest absolute Gasteiger partial charge is 0.0771 e. The fourth-order valence-electron chi connectivity index (χ4n) is 2.25.